The number of nitrogens with one attached hydrogen (secondary N) is 1. The second-order valence-corrected chi connectivity index (χ2v) is 6.64. The van der Waals surface area contributed by atoms with Gasteiger partial charge in [0.25, 0.3) is 5.56 Å². The third-order valence-corrected chi connectivity index (χ3v) is 4.38. The molecule has 1 amide bonds. The first-order valence-corrected chi connectivity index (χ1v) is 9.02. The van der Waals surface area contributed by atoms with Crippen LogP contribution in [0.1, 0.15) is 12.8 Å². The predicted octanol–water partition coefficient (Wildman–Crippen LogP) is 4.03. The molecule has 0 atom stereocenters. The van der Waals surface area contributed by atoms with Crippen LogP contribution in [0.4, 0.5) is 5.69 Å². The molecule has 0 unspecified atom stereocenters. The van der Waals surface area contributed by atoms with Crippen LogP contribution in [-0.2, 0) is 11.3 Å². The van der Waals surface area contributed by atoms with E-state index >= 15 is 0 Å². The topological polar surface area (TPSA) is 76.9 Å². The van der Waals surface area contributed by atoms with Gasteiger partial charge in [-0.3, -0.25) is 14.6 Å². The Labute approximate surface area is 165 Å². The minimum atomic E-state index is -0.217. The van der Waals surface area contributed by atoms with Gasteiger partial charge >= 0.3 is 0 Å². The summed E-state index contributed by atoms with van der Waals surface area (Å²) in [5.41, 5.74) is 1.79. The Morgan fingerprint density at radius 1 is 1.07 bits per heavy atom. The molecule has 0 aliphatic heterocycles. The van der Waals surface area contributed by atoms with E-state index in [0.29, 0.717) is 34.4 Å². The third-order valence-electron chi connectivity index (χ3n) is 3.82. The number of amides is 1. The number of hydrogen-bond acceptors (Lipinski definition) is 4. The van der Waals surface area contributed by atoms with Gasteiger partial charge in [0.05, 0.1) is 16.4 Å². The quantitative estimate of drug-likeness (QED) is 0.674. The first-order chi connectivity index (χ1) is 13.0. The van der Waals surface area contributed by atoms with Gasteiger partial charge < -0.3 is 5.32 Å². The number of aryl methyl sites for hydroxylation is 1. The zero-order chi connectivity index (χ0) is 19.2. The van der Waals surface area contributed by atoms with Crippen molar-refractivity contribution in [3.63, 3.8) is 0 Å². The largest absolute Gasteiger partial charge is 0.325 e. The molecule has 2 heterocycles. The smallest absolute Gasteiger partial charge is 0.266 e. The third kappa shape index (κ3) is 5.15. The van der Waals surface area contributed by atoms with Crippen molar-refractivity contribution in [2.24, 2.45) is 0 Å². The maximum atomic E-state index is 12.1. The monoisotopic (exact) mass is 402 g/mol. The van der Waals surface area contributed by atoms with Gasteiger partial charge in [-0.1, -0.05) is 23.2 Å². The summed E-state index contributed by atoms with van der Waals surface area (Å²) in [6, 6.07) is 11.6. The Morgan fingerprint density at radius 2 is 1.85 bits per heavy atom. The minimum Gasteiger partial charge on any atom is -0.325 e. The highest BCUT2D eigenvalue weighted by Gasteiger charge is 2.08. The van der Waals surface area contributed by atoms with Crippen LogP contribution in [0.5, 0.6) is 0 Å². The predicted molar refractivity (Wildman–Crippen MR) is 106 cm³/mol. The molecule has 8 heteroatoms. The molecule has 3 rings (SSSR count). The number of aromatic nitrogens is 3. The molecule has 0 saturated carbocycles. The van der Waals surface area contributed by atoms with Crippen molar-refractivity contribution in [3.8, 4) is 11.3 Å². The van der Waals surface area contributed by atoms with Crippen molar-refractivity contribution in [2.45, 2.75) is 19.4 Å². The molecular formula is C19H16Cl2N4O2. The van der Waals surface area contributed by atoms with E-state index in [-0.39, 0.29) is 17.9 Å². The summed E-state index contributed by atoms with van der Waals surface area (Å²) in [6.45, 7) is 0.328. The molecule has 1 N–H and O–H groups in total. The molecule has 0 spiro atoms. The molecular weight excluding hydrogens is 387 g/mol. The van der Waals surface area contributed by atoms with E-state index in [2.05, 4.69) is 15.4 Å². The minimum absolute atomic E-state index is 0.211. The number of hydrogen-bond donors (Lipinski definition) is 1. The molecule has 0 aliphatic carbocycles. The number of pyridine rings is 1. The lowest BCUT2D eigenvalue weighted by Crippen LogP contribution is -2.23. The van der Waals surface area contributed by atoms with E-state index in [1.807, 2.05) is 12.1 Å². The fourth-order valence-corrected chi connectivity index (χ4v) is 2.82. The van der Waals surface area contributed by atoms with Crippen molar-refractivity contribution in [2.75, 3.05) is 5.32 Å². The van der Waals surface area contributed by atoms with Gasteiger partial charge in [0.15, 0.2) is 0 Å². The van der Waals surface area contributed by atoms with Gasteiger partial charge in [0.1, 0.15) is 0 Å². The number of carbonyl (C=O) groups is 1. The molecule has 6 nitrogen and oxygen atoms in total. The zero-order valence-corrected chi connectivity index (χ0v) is 15.7. The summed E-state index contributed by atoms with van der Waals surface area (Å²) in [7, 11) is 0. The maximum Gasteiger partial charge on any atom is 0.266 e. The highest BCUT2D eigenvalue weighted by Crippen LogP contribution is 2.25. The average Bonchev–Trinajstić information content (AvgIpc) is 2.67. The number of halogens is 2. The Kier molecular flexibility index (Phi) is 6.21. The number of nitrogens with zero attached hydrogens (tertiary/aromatic N) is 3. The molecule has 0 bridgehead atoms. The normalized spacial score (nSPS) is 10.6. The van der Waals surface area contributed by atoms with Gasteiger partial charge in [0, 0.05) is 42.0 Å². The van der Waals surface area contributed by atoms with Crippen LogP contribution < -0.4 is 10.9 Å². The maximum absolute atomic E-state index is 12.1. The SMILES string of the molecule is O=C(CCCn1nc(-c2ccncc2)ccc1=O)Nc1cc(Cl)ccc1Cl. The second-order valence-electron chi connectivity index (χ2n) is 5.79. The van der Waals surface area contributed by atoms with Gasteiger partial charge in [-0.25, -0.2) is 4.68 Å². The number of benzene rings is 1. The van der Waals surface area contributed by atoms with Crippen molar-refractivity contribution >= 4 is 34.8 Å². The lowest BCUT2D eigenvalue weighted by molar-refractivity contribution is -0.116. The molecule has 27 heavy (non-hydrogen) atoms. The Balaban J connectivity index is 1.61. The zero-order valence-electron chi connectivity index (χ0n) is 14.2. The van der Waals surface area contributed by atoms with Crippen LogP contribution in [0, 0.1) is 0 Å². The van der Waals surface area contributed by atoms with E-state index in [1.165, 1.54) is 10.7 Å². The van der Waals surface area contributed by atoms with Gasteiger partial charge in [-0.2, -0.15) is 5.10 Å². The molecule has 2 aromatic heterocycles. The standard InChI is InChI=1S/C19H16Cl2N4O2/c20-14-3-4-15(21)17(12-14)23-18(26)2-1-11-25-19(27)6-5-16(24-25)13-7-9-22-10-8-13/h3-10,12H,1-2,11H2,(H,23,26). The van der Waals surface area contributed by atoms with E-state index in [9.17, 15) is 9.59 Å². The van der Waals surface area contributed by atoms with Crippen LogP contribution in [0.25, 0.3) is 11.3 Å². The highest BCUT2D eigenvalue weighted by molar-refractivity contribution is 6.35. The summed E-state index contributed by atoms with van der Waals surface area (Å²) >= 11 is 11.9. The van der Waals surface area contributed by atoms with Gasteiger partial charge in [-0.15, -0.1) is 0 Å². The van der Waals surface area contributed by atoms with E-state index < -0.39 is 0 Å². The Hall–Kier alpha value is -2.70. The molecule has 3 aromatic rings. The van der Waals surface area contributed by atoms with E-state index in [1.54, 1.807) is 36.7 Å². The van der Waals surface area contributed by atoms with Gasteiger partial charge in [0.2, 0.25) is 5.91 Å². The van der Waals surface area contributed by atoms with Crippen LogP contribution >= 0.6 is 23.2 Å². The van der Waals surface area contributed by atoms with Crippen molar-refractivity contribution < 1.29 is 4.79 Å². The molecule has 138 valence electrons. The molecule has 0 saturated heterocycles. The summed E-state index contributed by atoms with van der Waals surface area (Å²) in [6.07, 6.45) is 4.00. The number of anilines is 1. The fraction of sp³-hybridized carbons (Fsp3) is 0.158. The second kappa shape index (κ2) is 8.79. The summed E-state index contributed by atoms with van der Waals surface area (Å²) < 4.78 is 1.36. The Morgan fingerprint density at radius 3 is 2.63 bits per heavy atom. The highest BCUT2D eigenvalue weighted by atomic mass is 35.5. The Bertz CT molecular complexity index is 1010. The van der Waals surface area contributed by atoms with Crippen LogP contribution in [0.3, 0.4) is 0 Å². The molecule has 0 radical (unpaired) electrons. The molecule has 0 aliphatic rings. The van der Waals surface area contributed by atoms with Gasteiger partial charge in [-0.05, 0) is 42.8 Å². The first-order valence-electron chi connectivity index (χ1n) is 8.26. The van der Waals surface area contributed by atoms with E-state index in [0.717, 1.165) is 5.56 Å². The number of rotatable bonds is 6. The van der Waals surface area contributed by atoms with Crippen molar-refractivity contribution in [1.29, 1.82) is 0 Å². The van der Waals surface area contributed by atoms with Crippen LogP contribution in [-0.4, -0.2) is 20.7 Å². The first kappa shape index (κ1) is 19.1. The molecule has 0 fully saturated rings. The van der Waals surface area contributed by atoms with Crippen LogP contribution in [0.2, 0.25) is 10.0 Å². The fourth-order valence-electron chi connectivity index (χ4n) is 2.48. The van der Waals surface area contributed by atoms with Crippen LogP contribution in [0.15, 0.2) is 59.7 Å². The number of carbonyl (C=O) groups excluding carboxylic acids is 1. The van der Waals surface area contributed by atoms with Crippen molar-refractivity contribution in [3.05, 3.63) is 75.3 Å². The summed E-state index contributed by atoms with van der Waals surface area (Å²) in [4.78, 5) is 28.1. The lowest BCUT2D eigenvalue weighted by Gasteiger charge is -2.09. The lowest BCUT2D eigenvalue weighted by atomic mass is 10.2. The molecule has 1 aromatic carbocycles. The summed E-state index contributed by atoms with van der Waals surface area (Å²) in [5.74, 6) is -0.211. The van der Waals surface area contributed by atoms with E-state index in [4.69, 9.17) is 23.2 Å². The van der Waals surface area contributed by atoms with Crippen molar-refractivity contribution in [1.82, 2.24) is 14.8 Å². The summed E-state index contributed by atoms with van der Waals surface area (Å²) in [5, 5.41) is 7.97. The average molecular weight is 403 g/mol.